The molecule has 1 amide bonds. The Morgan fingerprint density at radius 2 is 1.95 bits per heavy atom. The van der Waals surface area contributed by atoms with E-state index in [-0.39, 0.29) is 17.5 Å². The molecule has 0 aromatic heterocycles. The number of hydrogen-bond acceptors (Lipinski definition) is 2. The van der Waals surface area contributed by atoms with Crippen LogP contribution in [0, 0.1) is 5.82 Å². The van der Waals surface area contributed by atoms with Crippen molar-refractivity contribution in [3.8, 4) is 0 Å². The van der Waals surface area contributed by atoms with E-state index in [1.54, 1.807) is 36.4 Å². The molecule has 4 heteroatoms. The van der Waals surface area contributed by atoms with Crippen molar-refractivity contribution in [1.82, 2.24) is 0 Å². The van der Waals surface area contributed by atoms with E-state index in [1.165, 1.54) is 19.1 Å². The van der Waals surface area contributed by atoms with Crippen LogP contribution in [0.2, 0.25) is 0 Å². The number of ketones is 1. The van der Waals surface area contributed by atoms with E-state index in [1.807, 2.05) is 0 Å². The molecule has 0 radical (unpaired) electrons. The van der Waals surface area contributed by atoms with Crippen LogP contribution >= 0.6 is 0 Å². The summed E-state index contributed by atoms with van der Waals surface area (Å²) in [6.07, 6.45) is 1.52. The molecule has 104 valence electrons. The number of carbonyl (C=O) groups excluding carboxylic acids is 2. The third-order valence-corrected chi connectivity index (χ3v) is 3.41. The van der Waals surface area contributed by atoms with Crippen molar-refractivity contribution in [2.75, 3.05) is 5.32 Å². The van der Waals surface area contributed by atoms with E-state index in [0.29, 0.717) is 28.0 Å². The van der Waals surface area contributed by atoms with E-state index in [0.717, 1.165) is 0 Å². The smallest absolute Gasteiger partial charge is 0.256 e. The van der Waals surface area contributed by atoms with E-state index in [2.05, 4.69) is 5.32 Å². The fourth-order valence-corrected chi connectivity index (χ4v) is 2.30. The van der Waals surface area contributed by atoms with Crippen LogP contribution < -0.4 is 5.32 Å². The SMILES string of the molecule is CC(=O)c1ccc2c(c1)NC(=O)/C2=C/c1ccccc1F. The van der Waals surface area contributed by atoms with Gasteiger partial charge in [-0.05, 0) is 25.1 Å². The second-order valence-corrected chi connectivity index (χ2v) is 4.85. The lowest BCUT2D eigenvalue weighted by molar-refractivity contribution is -0.110. The lowest BCUT2D eigenvalue weighted by atomic mass is 10.0. The van der Waals surface area contributed by atoms with Crippen molar-refractivity contribution in [3.63, 3.8) is 0 Å². The van der Waals surface area contributed by atoms with E-state index in [4.69, 9.17) is 0 Å². The number of anilines is 1. The molecule has 0 saturated heterocycles. The normalized spacial score (nSPS) is 15.0. The molecule has 1 N–H and O–H groups in total. The first kappa shape index (κ1) is 13.2. The quantitative estimate of drug-likeness (QED) is 0.676. The molecule has 0 aliphatic carbocycles. The highest BCUT2D eigenvalue weighted by atomic mass is 19.1. The largest absolute Gasteiger partial charge is 0.321 e. The van der Waals surface area contributed by atoms with Gasteiger partial charge in [-0.25, -0.2) is 4.39 Å². The molecule has 0 unspecified atom stereocenters. The number of Topliss-reactive ketones (excluding diaryl/α,β-unsaturated/α-hetero) is 1. The van der Waals surface area contributed by atoms with Gasteiger partial charge in [-0.1, -0.05) is 30.3 Å². The minimum atomic E-state index is -0.383. The first-order chi connectivity index (χ1) is 10.1. The number of carbonyl (C=O) groups is 2. The van der Waals surface area contributed by atoms with E-state index >= 15 is 0 Å². The van der Waals surface area contributed by atoms with Crippen LogP contribution in [0.3, 0.4) is 0 Å². The van der Waals surface area contributed by atoms with Crippen molar-refractivity contribution in [2.45, 2.75) is 6.92 Å². The summed E-state index contributed by atoms with van der Waals surface area (Å²) < 4.78 is 13.7. The van der Waals surface area contributed by atoms with Gasteiger partial charge in [-0.3, -0.25) is 9.59 Å². The van der Waals surface area contributed by atoms with Gasteiger partial charge < -0.3 is 5.32 Å². The van der Waals surface area contributed by atoms with Gasteiger partial charge in [-0.2, -0.15) is 0 Å². The fourth-order valence-electron chi connectivity index (χ4n) is 2.30. The molecular formula is C17H12FNO2. The summed E-state index contributed by atoms with van der Waals surface area (Å²) in [5.41, 5.74) is 2.53. The van der Waals surface area contributed by atoms with Crippen molar-refractivity contribution < 1.29 is 14.0 Å². The number of amides is 1. The predicted molar refractivity (Wildman–Crippen MR) is 79.3 cm³/mol. The molecule has 0 spiro atoms. The summed E-state index contributed by atoms with van der Waals surface area (Å²) in [5, 5.41) is 2.70. The number of benzene rings is 2. The molecule has 3 nitrogen and oxygen atoms in total. The summed E-state index contributed by atoms with van der Waals surface area (Å²) >= 11 is 0. The van der Waals surface area contributed by atoms with Crippen LogP contribution in [0.5, 0.6) is 0 Å². The highest BCUT2D eigenvalue weighted by Gasteiger charge is 2.24. The Hall–Kier alpha value is -2.75. The topological polar surface area (TPSA) is 46.2 Å². The molecule has 1 aliphatic rings. The van der Waals surface area contributed by atoms with Crippen molar-refractivity contribution in [2.24, 2.45) is 0 Å². The molecule has 2 aromatic rings. The Kier molecular flexibility index (Phi) is 3.14. The maximum Gasteiger partial charge on any atom is 0.256 e. The van der Waals surface area contributed by atoms with Crippen molar-refractivity contribution in [1.29, 1.82) is 0 Å². The lowest BCUT2D eigenvalue weighted by Gasteiger charge is -2.01. The van der Waals surface area contributed by atoms with Crippen LogP contribution in [0.1, 0.15) is 28.4 Å². The minimum Gasteiger partial charge on any atom is -0.321 e. The maximum absolute atomic E-state index is 13.7. The first-order valence-corrected chi connectivity index (χ1v) is 6.49. The van der Waals surface area contributed by atoms with Crippen LogP contribution in [0.15, 0.2) is 42.5 Å². The van der Waals surface area contributed by atoms with Gasteiger partial charge >= 0.3 is 0 Å². The zero-order valence-corrected chi connectivity index (χ0v) is 11.3. The average molecular weight is 281 g/mol. The molecule has 0 saturated carbocycles. The zero-order valence-electron chi connectivity index (χ0n) is 11.3. The summed E-state index contributed by atoms with van der Waals surface area (Å²) in [6.45, 7) is 1.47. The Labute approximate surface area is 121 Å². The monoisotopic (exact) mass is 281 g/mol. The van der Waals surface area contributed by atoms with Crippen molar-refractivity contribution in [3.05, 3.63) is 65.0 Å². The molecule has 2 aromatic carbocycles. The maximum atomic E-state index is 13.7. The molecule has 0 fully saturated rings. The third-order valence-electron chi connectivity index (χ3n) is 3.41. The fraction of sp³-hybridized carbons (Fsp3) is 0.0588. The van der Waals surface area contributed by atoms with Crippen LogP contribution in [-0.2, 0) is 4.79 Å². The first-order valence-electron chi connectivity index (χ1n) is 6.49. The third kappa shape index (κ3) is 2.36. The Morgan fingerprint density at radius 1 is 1.19 bits per heavy atom. The van der Waals surface area contributed by atoms with E-state index in [9.17, 15) is 14.0 Å². The van der Waals surface area contributed by atoms with Crippen LogP contribution in [-0.4, -0.2) is 11.7 Å². The molecule has 0 atom stereocenters. The second kappa shape index (κ2) is 4.98. The van der Waals surface area contributed by atoms with Crippen molar-refractivity contribution >= 4 is 29.0 Å². The number of halogens is 1. The number of rotatable bonds is 2. The van der Waals surface area contributed by atoms with Gasteiger partial charge in [0.05, 0.1) is 0 Å². The standard InChI is InChI=1S/C17H12FNO2/c1-10(20)11-6-7-13-14(17(21)19-16(13)9-11)8-12-4-2-3-5-15(12)18/h2-9H,1H3,(H,19,21)/b14-8+. The predicted octanol–water partition coefficient (Wildman–Crippen LogP) is 3.52. The minimum absolute atomic E-state index is 0.0708. The molecule has 21 heavy (non-hydrogen) atoms. The summed E-state index contributed by atoms with van der Waals surface area (Å²) in [4.78, 5) is 23.4. The second-order valence-electron chi connectivity index (χ2n) is 4.85. The van der Waals surface area contributed by atoms with Gasteiger partial charge in [0.25, 0.3) is 5.91 Å². The average Bonchev–Trinajstić information content (AvgIpc) is 2.76. The van der Waals surface area contributed by atoms with Crippen LogP contribution in [0.4, 0.5) is 10.1 Å². The summed E-state index contributed by atoms with van der Waals surface area (Å²) in [7, 11) is 0. The van der Waals surface area contributed by atoms with Gasteiger partial charge in [0.1, 0.15) is 5.82 Å². The lowest BCUT2D eigenvalue weighted by Crippen LogP contribution is -2.04. The summed E-state index contributed by atoms with van der Waals surface area (Å²) in [6, 6.07) is 11.3. The van der Waals surface area contributed by atoms with Gasteiger partial charge in [0.15, 0.2) is 5.78 Å². The number of fused-ring (bicyclic) bond motifs is 1. The van der Waals surface area contributed by atoms with E-state index < -0.39 is 0 Å². The molecule has 0 bridgehead atoms. The zero-order chi connectivity index (χ0) is 15.0. The van der Waals surface area contributed by atoms with Gasteiger partial charge in [0, 0.05) is 28.0 Å². The molecule has 1 heterocycles. The molecular weight excluding hydrogens is 269 g/mol. The van der Waals surface area contributed by atoms with Gasteiger partial charge in [0.2, 0.25) is 0 Å². The Balaban J connectivity index is 2.09. The molecule has 1 aliphatic heterocycles. The van der Waals surface area contributed by atoms with Crippen LogP contribution in [0.25, 0.3) is 11.6 Å². The van der Waals surface area contributed by atoms with Gasteiger partial charge in [-0.15, -0.1) is 0 Å². The highest BCUT2D eigenvalue weighted by Crippen LogP contribution is 2.34. The Morgan fingerprint density at radius 3 is 2.67 bits per heavy atom. The highest BCUT2D eigenvalue weighted by molar-refractivity contribution is 6.35. The summed E-state index contributed by atoms with van der Waals surface area (Å²) in [5.74, 6) is -0.751. The number of nitrogens with one attached hydrogen (secondary N) is 1. The molecule has 3 rings (SSSR count). The number of hydrogen-bond donors (Lipinski definition) is 1. The Bertz CT molecular complexity index is 793.